The van der Waals surface area contributed by atoms with E-state index in [0.717, 1.165) is 18.6 Å². The van der Waals surface area contributed by atoms with E-state index >= 15 is 0 Å². The number of aryl methyl sites for hydroxylation is 1. The number of nitrogens with zero attached hydrogens (tertiary/aromatic N) is 2. The number of ether oxygens (including phenoxy) is 1. The predicted octanol–water partition coefficient (Wildman–Crippen LogP) is 16.2. The Balaban J connectivity index is 1.25. The van der Waals surface area contributed by atoms with Crippen LogP contribution in [0, 0.1) is 6.92 Å². The molecule has 0 amide bonds. The lowest BCUT2D eigenvalue weighted by Crippen LogP contribution is -2.65. The second-order valence-electron chi connectivity index (χ2n) is 25.3. The Morgan fingerprint density at radius 1 is 0.522 bits per heavy atom. The van der Waals surface area contributed by atoms with Gasteiger partial charge in [-0.25, -0.2) is 0 Å². The third-order valence-electron chi connectivity index (χ3n) is 16.5. The molecule has 3 nitrogen and oxygen atoms in total. The average Bonchev–Trinajstić information content (AvgIpc) is 3.68. The standard InChI is InChI=1S/C65H71BN2O/c1-40-34-55-58-56(35-40)68(54-39-51-50(64(11,12)32-33-65(51,13)14)38-49(54)47-23-19-18-22-46(47)41-20-16-15-17-21-41)53-31-27-43(62(5,6)7)36-52(53)66(58)60-59(48-30-26-44(63(8,9)10)37-57(48)69-60)67(55)45-28-24-42(25-29-45)61(2,3)4/h15-31,34-39,59-60H,32-33H2,1-14H3. The average molecular weight is 907 g/mol. The van der Waals surface area contributed by atoms with Crippen LogP contribution >= 0.6 is 0 Å². The van der Waals surface area contributed by atoms with Crippen LogP contribution < -0.4 is 25.5 Å². The van der Waals surface area contributed by atoms with Gasteiger partial charge in [0.15, 0.2) is 0 Å². The molecule has 350 valence electrons. The first kappa shape index (κ1) is 45.4. The van der Waals surface area contributed by atoms with Crippen molar-refractivity contribution in [3.05, 3.63) is 178 Å². The maximum absolute atomic E-state index is 7.60. The molecule has 0 saturated carbocycles. The molecule has 4 heteroatoms. The van der Waals surface area contributed by atoms with E-state index in [9.17, 15) is 0 Å². The minimum absolute atomic E-state index is 0.00102. The lowest BCUT2D eigenvalue weighted by Gasteiger charge is -2.49. The highest BCUT2D eigenvalue weighted by Crippen LogP contribution is 2.56. The van der Waals surface area contributed by atoms with Crippen molar-refractivity contribution in [1.29, 1.82) is 0 Å². The molecule has 0 fully saturated rings. The molecule has 7 aromatic carbocycles. The van der Waals surface area contributed by atoms with E-state index < -0.39 is 0 Å². The van der Waals surface area contributed by atoms with Crippen LogP contribution in [0.15, 0.2) is 140 Å². The van der Waals surface area contributed by atoms with E-state index in [2.05, 4.69) is 246 Å². The second kappa shape index (κ2) is 15.5. The molecule has 3 heterocycles. The van der Waals surface area contributed by atoms with Gasteiger partial charge in [0, 0.05) is 33.9 Å². The first-order chi connectivity index (χ1) is 32.5. The lowest BCUT2D eigenvalue weighted by atomic mass is 9.32. The van der Waals surface area contributed by atoms with E-state index in [1.165, 1.54) is 101 Å². The Labute approximate surface area is 414 Å². The van der Waals surface area contributed by atoms with Crippen molar-refractivity contribution in [2.24, 2.45) is 0 Å². The van der Waals surface area contributed by atoms with Gasteiger partial charge in [0.05, 0.1) is 11.7 Å². The Bertz CT molecular complexity index is 3170. The van der Waals surface area contributed by atoms with Crippen molar-refractivity contribution in [2.75, 3.05) is 9.80 Å². The van der Waals surface area contributed by atoms with Crippen LogP contribution in [0.4, 0.5) is 28.4 Å². The third kappa shape index (κ3) is 7.37. The fraction of sp³-hybridized carbons (Fsp3) is 0.354. The maximum Gasteiger partial charge on any atom is 0.267 e. The summed E-state index contributed by atoms with van der Waals surface area (Å²) in [4.78, 5) is 5.34. The number of anilines is 5. The topological polar surface area (TPSA) is 15.7 Å². The summed E-state index contributed by atoms with van der Waals surface area (Å²) in [7, 11) is 0. The molecular formula is C65H71BN2O. The summed E-state index contributed by atoms with van der Waals surface area (Å²) in [6, 6.07) is 54.0. The van der Waals surface area contributed by atoms with Crippen LogP contribution in [-0.2, 0) is 27.1 Å². The molecule has 69 heavy (non-hydrogen) atoms. The Kier molecular flexibility index (Phi) is 10.2. The largest absolute Gasteiger partial charge is 0.495 e. The number of hydrogen-bond acceptors (Lipinski definition) is 3. The van der Waals surface area contributed by atoms with Crippen molar-refractivity contribution in [2.45, 2.75) is 149 Å². The highest BCUT2D eigenvalue weighted by molar-refractivity contribution is 6.91. The maximum atomic E-state index is 7.60. The molecule has 2 atom stereocenters. The molecule has 0 spiro atoms. The van der Waals surface area contributed by atoms with Crippen LogP contribution in [-0.4, -0.2) is 12.7 Å². The minimum atomic E-state index is -0.177. The second-order valence-corrected chi connectivity index (χ2v) is 25.3. The predicted molar refractivity (Wildman–Crippen MR) is 295 cm³/mol. The monoisotopic (exact) mass is 907 g/mol. The SMILES string of the molecule is Cc1cc2c3c(c1)N(c1ccc(C(C)(C)C)cc1)C1c4ccc(C(C)(C)C)cc4OC1B3c1cc(C(C)(C)C)ccc1N2c1cc2c(cc1-c1ccccc1-c1ccccc1)C(C)(C)CCC2(C)C. The van der Waals surface area contributed by atoms with Crippen molar-refractivity contribution in [1.82, 2.24) is 0 Å². The van der Waals surface area contributed by atoms with Gasteiger partial charge in [0.2, 0.25) is 0 Å². The number of rotatable bonds is 4. The van der Waals surface area contributed by atoms with E-state index in [1.807, 2.05) is 0 Å². The zero-order valence-corrected chi connectivity index (χ0v) is 43.7. The third-order valence-corrected chi connectivity index (χ3v) is 16.5. The fourth-order valence-corrected chi connectivity index (χ4v) is 12.3. The highest BCUT2D eigenvalue weighted by atomic mass is 16.5. The Hall–Kier alpha value is -6.00. The lowest BCUT2D eigenvalue weighted by molar-refractivity contribution is 0.282. The molecule has 0 aromatic heterocycles. The summed E-state index contributed by atoms with van der Waals surface area (Å²) in [5.74, 6) is 1.01. The summed E-state index contributed by atoms with van der Waals surface area (Å²) in [5.41, 5.74) is 23.2. The van der Waals surface area contributed by atoms with Crippen molar-refractivity contribution >= 4 is 46.1 Å². The normalized spacial score (nSPS) is 18.7. The van der Waals surface area contributed by atoms with Gasteiger partial charge in [-0.15, -0.1) is 0 Å². The van der Waals surface area contributed by atoms with Crippen LogP contribution in [0.25, 0.3) is 22.3 Å². The first-order valence-corrected chi connectivity index (χ1v) is 25.7. The zero-order valence-electron chi connectivity index (χ0n) is 43.7. The molecule has 0 radical (unpaired) electrons. The van der Waals surface area contributed by atoms with Gasteiger partial charge in [-0.05, 0) is 156 Å². The molecule has 0 saturated heterocycles. The van der Waals surface area contributed by atoms with Crippen molar-refractivity contribution < 1.29 is 4.74 Å². The van der Waals surface area contributed by atoms with Crippen molar-refractivity contribution in [3.63, 3.8) is 0 Å². The molecule has 0 bridgehead atoms. The van der Waals surface area contributed by atoms with Gasteiger partial charge in [-0.2, -0.15) is 0 Å². The van der Waals surface area contributed by atoms with Crippen LogP contribution in [0.3, 0.4) is 0 Å². The van der Waals surface area contributed by atoms with E-state index in [1.54, 1.807) is 0 Å². The molecule has 2 unspecified atom stereocenters. The number of benzene rings is 7. The van der Waals surface area contributed by atoms with Gasteiger partial charge < -0.3 is 14.5 Å². The van der Waals surface area contributed by atoms with Gasteiger partial charge in [-0.3, -0.25) is 0 Å². The fourth-order valence-electron chi connectivity index (χ4n) is 12.3. The molecule has 7 aromatic rings. The number of hydrogen-bond donors (Lipinski definition) is 0. The summed E-state index contributed by atoms with van der Waals surface area (Å²) >= 11 is 0. The molecule has 11 rings (SSSR count). The highest BCUT2D eigenvalue weighted by Gasteiger charge is 2.56. The summed E-state index contributed by atoms with van der Waals surface area (Å²) < 4.78 is 7.60. The summed E-state index contributed by atoms with van der Waals surface area (Å²) in [5, 5.41) is 0. The zero-order chi connectivity index (χ0) is 48.7. The van der Waals surface area contributed by atoms with E-state index in [0.29, 0.717) is 0 Å². The molecule has 0 N–H and O–H groups in total. The van der Waals surface area contributed by atoms with Crippen LogP contribution in [0.1, 0.15) is 148 Å². The van der Waals surface area contributed by atoms with Gasteiger partial charge >= 0.3 is 0 Å². The minimum Gasteiger partial charge on any atom is -0.495 e. The van der Waals surface area contributed by atoms with Crippen molar-refractivity contribution in [3.8, 4) is 28.0 Å². The smallest absolute Gasteiger partial charge is 0.267 e. The number of fused-ring (bicyclic) bond motifs is 7. The van der Waals surface area contributed by atoms with E-state index in [-0.39, 0.29) is 45.8 Å². The van der Waals surface area contributed by atoms with Gasteiger partial charge in [0.25, 0.3) is 6.71 Å². The molecular weight excluding hydrogens is 836 g/mol. The molecule has 4 aliphatic rings. The van der Waals surface area contributed by atoms with Crippen LogP contribution in [0.5, 0.6) is 5.75 Å². The summed E-state index contributed by atoms with van der Waals surface area (Å²) in [6.07, 6.45) is 2.29. The molecule has 3 aliphatic heterocycles. The first-order valence-electron chi connectivity index (χ1n) is 25.7. The Morgan fingerprint density at radius 3 is 1.74 bits per heavy atom. The van der Waals surface area contributed by atoms with Crippen LogP contribution in [0.2, 0.25) is 0 Å². The van der Waals surface area contributed by atoms with E-state index in [4.69, 9.17) is 4.74 Å². The molecule has 1 aliphatic carbocycles. The summed E-state index contributed by atoms with van der Waals surface area (Å²) in [6.45, 7) is 33.0. The quantitative estimate of drug-likeness (QED) is 0.164. The van der Waals surface area contributed by atoms with Gasteiger partial charge in [0.1, 0.15) is 11.8 Å². The Morgan fingerprint density at radius 2 is 1.09 bits per heavy atom. The van der Waals surface area contributed by atoms with Gasteiger partial charge in [-0.1, -0.05) is 181 Å².